The van der Waals surface area contributed by atoms with E-state index >= 15 is 0 Å². The van der Waals surface area contributed by atoms with Gasteiger partial charge in [-0.2, -0.15) is 0 Å². The highest BCUT2D eigenvalue weighted by Crippen LogP contribution is 2.27. The van der Waals surface area contributed by atoms with E-state index in [9.17, 15) is 9.59 Å². The summed E-state index contributed by atoms with van der Waals surface area (Å²) in [5.41, 5.74) is 1.57. The molecule has 1 aliphatic rings. The first kappa shape index (κ1) is 13.5. The largest absolute Gasteiger partial charge is 0.375 e. The van der Waals surface area contributed by atoms with Gasteiger partial charge in [-0.1, -0.05) is 0 Å². The summed E-state index contributed by atoms with van der Waals surface area (Å²) in [6.07, 6.45) is 1.50. The Hall–Kier alpha value is -1.88. The minimum absolute atomic E-state index is 0.0311. The summed E-state index contributed by atoms with van der Waals surface area (Å²) in [6.45, 7) is 2.07. The second-order valence-corrected chi connectivity index (χ2v) is 4.68. The molecule has 0 saturated carbocycles. The standard InChI is InChI=1S/C14H18N2O3/c1-10-3-8-14(18)16(10)12-6-4-11(5-7-12)15-13(17)9-19-2/h4-7,10H,3,8-9H2,1-2H3,(H,15,17). The quantitative estimate of drug-likeness (QED) is 0.900. The Morgan fingerprint density at radius 1 is 1.42 bits per heavy atom. The molecule has 0 aliphatic carbocycles. The van der Waals surface area contributed by atoms with Crippen molar-refractivity contribution in [2.45, 2.75) is 25.8 Å². The van der Waals surface area contributed by atoms with Gasteiger partial charge in [-0.15, -0.1) is 0 Å². The minimum atomic E-state index is -0.194. The molecule has 1 fully saturated rings. The number of ether oxygens (including phenoxy) is 1. The molecule has 1 saturated heterocycles. The molecule has 1 atom stereocenters. The van der Waals surface area contributed by atoms with Gasteiger partial charge in [0.05, 0.1) is 0 Å². The predicted octanol–water partition coefficient (Wildman–Crippen LogP) is 1.79. The SMILES string of the molecule is COCC(=O)Nc1ccc(N2C(=O)CCC2C)cc1. The molecule has 1 unspecified atom stereocenters. The highest BCUT2D eigenvalue weighted by atomic mass is 16.5. The zero-order valence-corrected chi connectivity index (χ0v) is 11.2. The summed E-state index contributed by atoms with van der Waals surface area (Å²) < 4.78 is 4.74. The Kier molecular flexibility index (Phi) is 4.16. The van der Waals surface area contributed by atoms with Crippen LogP contribution >= 0.6 is 0 Å². The van der Waals surface area contributed by atoms with E-state index in [2.05, 4.69) is 5.32 Å². The van der Waals surface area contributed by atoms with E-state index in [1.807, 2.05) is 19.1 Å². The molecule has 0 bridgehead atoms. The first-order valence-corrected chi connectivity index (χ1v) is 6.32. The zero-order chi connectivity index (χ0) is 13.8. The lowest BCUT2D eigenvalue weighted by Crippen LogP contribution is -2.30. The van der Waals surface area contributed by atoms with Crippen LogP contribution in [0.5, 0.6) is 0 Å². The molecular weight excluding hydrogens is 244 g/mol. The van der Waals surface area contributed by atoms with E-state index in [1.165, 1.54) is 7.11 Å². The Morgan fingerprint density at radius 2 is 2.11 bits per heavy atom. The second-order valence-electron chi connectivity index (χ2n) is 4.68. The van der Waals surface area contributed by atoms with Gasteiger partial charge in [0.2, 0.25) is 11.8 Å². The smallest absolute Gasteiger partial charge is 0.250 e. The number of anilines is 2. The Morgan fingerprint density at radius 3 is 2.63 bits per heavy atom. The van der Waals surface area contributed by atoms with Gasteiger partial charge in [0.15, 0.2) is 0 Å². The Bertz CT molecular complexity index is 470. The van der Waals surface area contributed by atoms with Crippen LogP contribution in [-0.2, 0) is 14.3 Å². The number of rotatable bonds is 4. The molecule has 0 spiro atoms. The van der Waals surface area contributed by atoms with Crippen LogP contribution < -0.4 is 10.2 Å². The predicted molar refractivity (Wildman–Crippen MR) is 73.1 cm³/mol. The molecule has 2 amide bonds. The molecule has 0 radical (unpaired) electrons. The average molecular weight is 262 g/mol. The number of methoxy groups -OCH3 is 1. The fourth-order valence-corrected chi connectivity index (χ4v) is 2.26. The third-order valence-electron chi connectivity index (χ3n) is 3.19. The summed E-state index contributed by atoms with van der Waals surface area (Å²) in [6, 6.07) is 7.52. The van der Waals surface area contributed by atoms with Crippen LogP contribution in [0.1, 0.15) is 19.8 Å². The van der Waals surface area contributed by atoms with E-state index in [4.69, 9.17) is 4.74 Å². The van der Waals surface area contributed by atoms with E-state index in [1.54, 1.807) is 17.0 Å². The third kappa shape index (κ3) is 3.12. The maximum absolute atomic E-state index is 11.8. The van der Waals surface area contributed by atoms with E-state index in [-0.39, 0.29) is 24.5 Å². The highest BCUT2D eigenvalue weighted by molar-refractivity contribution is 5.97. The lowest BCUT2D eigenvalue weighted by Gasteiger charge is -2.21. The monoisotopic (exact) mass is 262 g/mol. The normalized spacial score (nSPS) is 18.7. The van der Waals surface area contributed by atoms with E-state index in [0.717, 1.165) is 12.1 Å². The van der Waals surface area contributed by atoms with Crippen molar-refractivity contribution >= 4 is 23.2 Å². The number of carbonyl (C=O) groups is 2. The van der Waals surface area contributed by atoms with Crippen molar-refractivity contribution in [1.82, 2.24) is 0 Å². The second kappa shape index (κ2) is 5.84. The van der Waals surface area contributed by atoms with Crippen LogP contribution in [0.25, 0.3) is 0 Å². The lowest BCUT2D eigenvalue weighted by molar-refractivity contribution is -0.119. The van der Waals surface area contributed by atoms with Crippen molar-refractivity contribution in [3.8, 4) is 0 Å². The summed E-state index contributed by atoms with van der Waals surface area (Å²) in [5, 5.41) is 2.72. The lowest BCUT2D eigenvalue weighted by atomic mass is 10.2. The van der Waals surface area contributed by atoms with Crippen LogP contribution in [0.15, 0.2) is 24.3 Å². The summed E-state index contributed by atoms with van der Waals surface area (Å²) in [5.74, 6) is -0.0375. The summed E-state index contributed by atoms with van der Waals surface area (Å²) >= 11 is 0. The number of benzene rings is 1. The van der Waals surface area contributed by atoms with Crippen LogP contribution in [0, 0.1) is 0 Å². The summed E-state index contributed by atoms with van der Waals surface area (Å²) in [4.78, 5) is 24.9. The number of hydrogen-bond donors (Lipinski definition) is 1. The topological polar surface area (TPSA) is 58.6 Å². The maximum atomic E-state index is 11.8. The number of carbonyl (C=O) groups excluding carboxylic acids is 2. The summed E-state index contributed by atoms with van der Waals surface area (Å²) in [7, 11) is 1.48. The first-order chi connectivity index (χ1) is 9.11. The average Bonchev–Trinajstić information content (AvgIpc) is 2.71. The van der Waals surface area contributed by atoms with Gasteiger partial charge >= 0.3 is 0 Å². The van der Waals surface area contributed by atoms with Crippen molar-refractivity contribution < 1.29 is 14.3 Å². The van der Waals surface area contributed by atoms with E-state index < -0.39 is 0 Å². The van der Waals surface area contributed by atoms with Crippen LogP contribution in [0.2, 0.25) is 0 Å². The molecule has 1 heterocycles. The molecule has 19 heavy (non-hydrogen) atoms. The molecule has 2 rings (SSSR count). The molecule has 1 aliphatic heterocycles. The van der Waals surface area contributed by atoms with Gasteiger partial charge in [0.25, 0.3) is 0 Å². The highest BCUT2D eigenvalue weighted by Gasteiger charge is 2.28. The first-order valence-electron chi connectivity index (χ1n) is 6.32. The van der Waals surface area contributed by atoms with Crippen molar-refractivity contribution in [2.75, 3.05) is 23.9 Å². The van der Waals surface area contributed by atoms with Gasteiger partial charge in [0, 0.05) is 30.9 Å². The molecular formula is C14H18N2O3. The van der Waals surface area contributed by atoms with Gasteiger partial charge in [-0.25, -0.2) is 0 Å². The van der Waals surface area contributed by atoms with Crippen molar-refractivity contribution in [2.24, 2.45) is 0 Å². The van der Waals surface area contributed by atoms with Crippen molar-refractivity contribution in [3.05, 3.63) is 24.3 Å². The van der Waals surface area contributed by atoms with Gasteiger partial charge < -0.3 is 15.0 Å². The molecule has 102 valence electrons. The van der Waals surface area contributed by atoms with Crippen LogP contribution in [-0.4, -0.2) is 31.6 Å². The van der Waals surface area contributed by atoms with Gasteiger partial charge in [0.1, 0.15) is 6.61 Å². The Balaban J connectivity index is 2.06. The fourth-order valence-electron chi connectivity index (χ4n) is 2.26. The van der Waals surface area contributed by atoms with Crippen molar-refractivity contribution in [3.63, 3.8) is 0 Å². The Labute approximate surface area is 112 Å². The van der Waals surface area contributed by atoms with E-state index in [0.29, 0.717) is 12.1 Å². The molecule has 1 aromatic carbocycles. The van der Waals surface area contributed by atoms with Gasteiger partial charge in [-0.05, 0) is 37.6 Å². The van der Waals surface area contributed by atoms with Gasteiger partial charge in [-0.3, -0.25) is 9.59 Å². The van der Waals surface area contributed by atoms with Crippen LogP contribution in [0.3, 0.4) is 0 Å². The zero-order valence-electron chi connectivity index (χ0n) is 11.2. The number of hydrogen-bond acceptors (Lipinski definition) is 3. The fraction of sp³-hybridized carbons (Fsp3) is 0.429. The minimum Gasteiger partial charge on any atom is -0.375 e. The van der Waals surface area contributed by atoms with Crippen LogP contribution in [0.4, 0.5) is 11.4 Å². The molecule has 5 heteroatoms. The maximum Gasteiger partial charge on any atom is 0.250 e. The third-order valence-corrected chi connectivity index (χ3v) is 3.19. The molecule has 5 nitrogen and oxygen atoms in total. The molecule has 1 aromatic rings. The molecule has 1 N–H and O–H groups in total. The van der Waals surface area contributed by atoms with Crippen molar-refractivity contribution in [1.29, 1.82) is 0 Å². The number of amides is 2. The number of nitrogens with zero attached hydrogens (tertiary/aromatic N) is 1. The molecule has 0 aromatic heterocycles. The number of nitrogens with one attached hydrogen (secondary N) is 1.